The number of hydrogen-bond donors (Lipinski definition) is 0. The van der Waals surface area contributed by atoms with Gasteiger partial charge in [0.2, 0.25) is 0 Å². The lowest BCUT2D eigenvalue weighted by atomic mass is 9.77. The molecule has 1 aliphatic carbocycles. The summed E-state index contributed by atoms with van der Waals surface area (Å²) in [7, 11) is 0. The van der Waals surface area contributed by atoms with E-state index < -0.39 is 11.8 Å². The van der Waals surface area contributed by atoms with Gasteiger partial charge >= 0.3 is 5.97 Å². The summed E-state index contributed by atoms with van der Waals surface area (Å²) in [6.07, 6.45) is 8.91. The van der Waals surface area contributed by atoms with Crippen molar-refractivity contribution >= 4 is 5.97 Å². The summed E-state index contributed by atoms with van der Waals surface area (Å²) in [5.41, 5.74) is 1.84. The SMILES string of the molecule is CCCCC1CCC(c2ccc(C(=O)Oc3ccc(C#N)cc3F)cc2)CC1. The molecule has 0 N–H and O–H groups in total. The lowest BCUT2D eigenvalue weighted by molar-refractivity contribution is 0.0728. The first-order chi connectivity index (χ1) is 13.6. The summed E-state index contributed by atoms with van der Waals surface area (Å²) in [5, 5.41) is 8.77. The van der Waals surface area contributed by atoms with Gasteiger partial charge in [-0.3, -0.25) is 0 Å². The Hall–Kier alpha value is -2.67. The van der Waals surface area contributed by atoms with Crippen LogP contribution in [0, 0.1) is 23.1 Å². The summed E-state index contributed by atoms with van der Waals surface area (Å²) in [6, 6.07) is 13.1. The highest BCUT2D eigenvalue weighted by Crippen LogP contribution is 2.37. The number of nitrogens with zero attached hydrogens (tertiary/aromatic N) is 1. The lowest BCUT2D eigenvalue weighted by Gasteiger charge is -2.28. The van der Waals surface area contributed by atoms with Gasteiger partial charge in [0, 0.05) is 0 Å². The molecule has 3 rings (SSSR count). The van der Waals surface area contributed by atoms with Crippen LogP contribution in [0.3, 0.4) is 0 Å². The molecule has 1 saturated carbocycles. The molecule has 0 spiro atoms. The molecule has 0 saturated heterocycles. The standard InChI is InChI=1S/C24H26FNO2/c1-2-3-4-17-5-8-19(9-6-17)20-10-12-21(13-11-20)24(27)28-23-14-7-18(16-26)15-22(23)25/h7,10-15,17,19H,2-6,8-9H2,1H3. The van der Waals surface area contributed by atoms with Gasteiger partial charge in [-0.2, -0.15) is 5.26 Å². The maximum absolute atomic E-state index is 13.9. The first kappa shape index (κ1) is 20.1. The fraction of sp³-hybridized carbons (Fsp3) is 0.417. The first-order valence-corrected chi connectivity index (χ1v) is 10.1. The second-order valence-corrected chi connectivity index (χ2v) is 7.63. The van der Waals surface area contributed by atoms with Crippen LogP contribution in [-0.4, -0.2) is 5.97 Å². The zero-order valence-corrected chi connectivity index (χ0v) is 16.3. The largest absolute Gasteiger partial charge is 0.420 e. The number of carbonyl (C=O) groups excluding carboxylic acids is 1. The average molecular weight is 379 g/mol. The molecule has 0 aromatic heterocycles. The Labute approximate surface area is 166 Å². The van der Waals surface area contributed by atoms with Gasteiger partial charge in [-0.25, -0.2) is 9.18 Å². The summed E-state index contributed by atoms with van der Waals surface area (Å²) in [6.45, 7) is 2.24. The summed E-state index contributed by atoms with van der Waals surface area (Å²) in [5.74, 6) is -0.0625. The van der Waals surface area contributed by atoms with E-state index in [1.54, 1.807) is 12.1 Å². The smallest absolute Gasteiger partial charge is 0.343 e. The number of carbonyl (C=O) groups is 1. The number of halogens is 1. The van der Waals surface area contributed by atoms with E-state index in [-0.39, 0.29) is 11.3 Å². The zero-order chi connectivity index (χ0) is 19.9. The third kappa shape index (κ3) is 4.98. The zero-order valence-electron chi connectivity index (χ0n) is 16.3. The third-order valence-corrected chi connectivity index (χ3v) is 5.69. The second kappa shape index (κ2) is 9.50. The average Bonchev–Trinajstić information content (AvgIpc) is 2.74. The molecule has 0 bridgehead atoms. The van der Waals surface area contributed by atoms with Gasteiger partial charge in [0.05, 0.1) is 17.2 Å². The number of nitriles is 1. The minimum atomic E-state index is -0.719. The van der Waals surface area contributed by atoms with Crippen LogP contribution in [0.1, 0.15) is 79.3 Å². The molecule has 1 aliphatic rings. The van der Waals surface area contributed by atoms with Crippen LogP contribution in [0.15, 0.2) is 42.5 Å². The van der Waals surface area contributed by atoms with Crippen molar-refractivity contribution in [1.82, 2.24) is 0 Å². The number of ether oxygens (including phenoxy) is 1. The highest BCUT2D eigenvalue weighted by molar-refractivity contribution is 5.91. The molecular weight excluding hydrogens is 353 g/mol. The van der Waals surface area contributed by atoms with Crippen LogP contribution >= 0.6 is 0 Å². The first-order valence-electron chi connectivity index (χ1n) is 10.1. The van der Waals surface area contributed by atoms with Gasteiger partial charge in [0.1, 0.15) is 0 Å². The number of esters is 1. The van der Waals surface area contributed by atoms with Crippen molar-refractivity contribution in [2.24, 2.45) is 5.92 Å². The summed E-state index contributed by atoms with van der Waals surface area (Å²) in [4.78, 5) is 12.3. The fourth-order valence-electron chi connectivity index (χ4n) is 3.98. The Morgan fingerprint density at radius 1 is 1.14 bits per heavy atom. The number of hydrogen-bond acceptors (Lipinski definition) is 3. The van der Waals surface area contributed by atoms with E-state index in [2.05, 4.69) is 6.92 Å². The van der Waals surface area contributed by atoms with Gasteiger partial charge < -0.3 is 4.74 Å². The summed E-state index contributed by atoms with van der Waals surface area (Å²) >= 11 is 0. The van der Waals surface area contributed by atoms with Crippen LogP contribution in [0.4, 0.5) is 4.39 Å². The Balaban J connectivity index is 1.58. The van der Waals surface area contributed by atoms with Gasteiger partial charge in [-0.15, -0.1) is 0 Å². The van der Waals surface area contributed by atoms with Crippen molar-refractivity contribution in [3.63, 3.8) is 0 Å². The van der Waals surface area contributed by atoms with Crippen molar-refractivity contribution in [1.29, 1.82) is 5.26 Å². The van der Waals surface area contributed by atoms with Crippen molar-refractivity contribution in [3.8, 4) is 11.8 Å². The van der Waals surface area contributed by atoms with Crippen LogP contribution < -0.4 is 4.74 Å². The van der Waals surface area contributed by atoms with E-state index in [9.17, 15) is 9.18 Å². The Bertz CT molecular complexity index is 846. The number of unbranched alkanes of at least 4 members (excludes halogenated alkanes) is 1. The van der Waals surface area contributed by atoms with Crippen molar-refractivity contribution in [2.45, 2.75) is 57.8 Å². The van der Waals surface area contributed by atoms with E-state index in [0.29, 0.717) is 11.5 Å². The monoisotopic (exact) mass is 379 g/mol. The molecule has 0 radical (unpaired) electrons. The molecule has 28 heavy (non-hydrogen) atoms. The number of rotatable bonds is 6. The Kier molecular flexibility index (Phi) is 6.81. The predicted octanol–water partition coefficient (Wildman–Crippen LogP) is 6.38. The maximum Gasteiger partial charge on any atom is 0.343 e. The van der Waals surface area contributed by atoms with E-state index in [1.807, 2.05) is 18.2 Å². The van der Waals surface area contributed by atoms with Crippen LogP contribution in [0.2, 0.25) is 0 Å². The highest BCUT2D eigenvalue weighted by Gasteiger charge is 2.22. The van der Waals surface area contributed by atoms with E-state index in [1.165, 1.54) is 62.6 Å². The molecule has 0 atom stereocenters. The van der Waals surface area contributed by atoms with Crippen molar-refractivity contribution in [3.05, 3.63) is 65.0 Å². The number of benzene rings is 2. The maximum atomic E-state index is 13.9. The third-order valence-electron chi connectivity index (χ3n) is 5.69. The molecule has 0 heterocycles. The molecule has 2 aromatic rings. The molecule has 3 nitrogen and oxygen atoms in total. The van der Waals surface area contributed by atoms with Crippen molar-refractivity contribution < 1.29 is 13.9 Å². The molecule has 0 amide bonds. The highest BCUT2D eigenvalue weighted by atomic mass is 19.1. The molecule has 1 fully saturated rings. The van der Waals surface area contributed by atoms with Gasteiger partial charge in [-0.05, 0) is 73.4 Å². The minimum absolute atomic E-state index is 0.168. The van der Waals surface area contributed by atoms with Crippen LogP contribution in [0.25, 0.3) is 0 Å². The molecule has 0 unspecified atom stereocenters. The Morgan fingerprint density at radius 2 is 1.86 bits per heavy atom. The van der Waals surface area contributed by atoms with E-state index >= 15 is 0 Å². The normalized spacial score (nSPS) is 19.0. The van der Waals surface area contributed by atoms with Crippen molar-refractivity contribution in [2.75, 3.05) is 0 Å². The van der Waals surface area contributed by atoms with Gasteiger partial charge in [0.15, 0.2) is 11.6 Å². The summed E-state index contributed by atoms with van der Waals surface area (Å²) < 4.78 is 19.0. The Morgan fingerprint density at radius 3 is 2.46 bits per heavy atom. The lowest BCUT2D eigenvalue weighted by Crippen LogP contribution is -2.14. The molecule has 0 aliphatic heterocycles. The van der Waals surface area contributed by atoms with Crippen LogP contribution in [-0.2, 0) is 0 Å². The topological polar surface area (TPSA) is 50.1 Å². The van der Waals surface area contributed by atoms with Gasteiger partial charge in [-0.1, -0.05) is 38.3 Å². The molecule has 2 aromatic carbocycles. The minimum Gasteiger partial charge on any atom is -0.420 e. The van der Waals surface area contributed by atoms with E-state index in [0.717, 1.165) is 12.0 Å². The molecule has 4 heteroatoms. The van der Waals surface area contributed by atoms with Gasteiger partial charge in [0.25, 0.3) is 0 Å². The molecule has 146 valence electrons. The molecular formula is C24H26FNO2. The second-order valence-electron chi connectivity index (χ2n) is 7.63. The fourth-order valence-corrected chi connectivity index (χ4v) is 3.98. The van der Waals surface area contributed by atoms with Crippen LogP contribution in [0.5, 0.6) is 5.75 Å². The quantitative estimate of drug-likeness (QED) is 0.432. The van der Waals surface area contributed by atoms with E-state index in [4.69, 9.17) is 10.00 Å². The predicted molar refractivity (Wildman–Crippen MR) is 107 cm³/mol.